The van der Waals surface area contributed by atoms with Crippen molar-refractivity contribution in [1.82, 2.24) is 10.2 Å². The van der Waals surface area contributed by atoms with Crippen LogP contribution >= 0.6 is 24.2 Å². The molecule has 0 aromatic rings. The van der Waals surface area contributed by atoms with Crippen molar-refractivity contribution in [3.8, 4) is 0 Å². The number of halogens is 1. The Balaban J connectivity index is 0.00000392. The van der Waals surface area contributed by atoms with Crippen LogP contribution in [0, 0.1) is 5.92 Å². The Morgan fingerprint density at radius 2 is 1.93 bits per heavy atom. The number of nitrogens with one attached hydrogen (secondary N) is 1. The Kier molecular flexibility index (Phi) is 10.5. The van der Waals surface area contributed by atoms with Gasteiger partial charge in [-0.25, -0.2) is 0 Å². The predicted octanol–water partition coefficient (Wildman–Crippen LogP) is -0.435. The van der Waals surface area contributed by atoms with Gasteiger partial charge in [0.1, 0.15) is 29.9 Å². The van der Waals surface area contributed by atoms with Crippen molar-refractivity contribution in [2.75, 3.05) is 19.8 Å². The second kappa shape index (κ2) is 11.3. The van der Waals surface area contributed by atoms with E-state index >= 15 is 0 Å². The summed E-state index contributed by atoms with van der Waals surface area (Å²) in [4.78, 5) is 14.9. The van der Waals surface area contributed by atoms with Gasteiger partial charge in [0.15, 0.2) is 0 Å². The summed E-state index contributed by atoms with van der Waals surface area (Å²) in [6.45, 7) is 4.48. The van der Waals surface area contributed by atoms with Gasteiger partial charge in [0.05, 0.1) is 18.2 Å². The Morgan fingerprint density at radius 3 is 2.46 bits per heavy atom. The first-order valence-corrected chi connectivity index (χ1v) is 10.9. The average molecular weight is 443 g/mol. The van der Waals surface area contributed by atoms with Gasteiger partial charge < -0.3 is 30.5 Å². The van der Waals surface area contributed by atoms with Crippen LogP contribution in [0.1, 0.15) is 33.1 Å². The van der Waals surface area contributed by atoms with E-state index in [1.165, 1.54) is 18.7 Å². The molecule has 0 bridgehead atoms. The summed E-state index contributed by atoms with van der Waals surface area (Å²) < 4.78 is 5.72. The van der Waals surface area contributed by atoms with Gasteiger partial charge in [-0.3, -0.25) is 9.69 Å². The molecule has 0 saturated carbocycles. The molecule has 0 aliphatic carbocycles. The maximum Gasteiger partial charge on any atom is 0.237 e. The molecule has 0 spiro atoms. The molecule has 8 nitrogen and oxygen atoms in total. The molecule has 10 heteroatoms. The van der Waals surface area contributed by atoms with Gasteiger partial charge in [-0.1, -0.05) is 13.3 Å². The lowest BCUT2D eigenvalue weighted by molar-refractivity contribution is -0.211. The monoisotopic (exact) mass is 442 g/mol. The third kappa shape index (κ3) is 5.72. The number of thioether (sulfide) groups is 1. The summed E-state index contributed by atoms with van der Waals surface area (Å²) in [5.74, 6) is 0.245. The molecule has 0 aromatic heterocycles. The summed E-state index contributed by atoms with van der Waals surface area (Å²) in [6.07, 6.45) is -1.50. The molecular weight excluding hydrogens is 408 g/mol. The number of ether oxygens (including phenoxy) is 1. The smallest absolute Gasteiger partial charge is 0.237 e. The highest BCUT2D eigenvalue weighted by atomic mass is 35.5. The molecule has 2 aliphatic rings. The van der Waals surface area contributed by atoms with E-state index < -0.39 is 42.0 Å². The Bertz CT molecular complexity index is 501. The minimum absolute atomic E-state index is 0. The minimum atomic E-state index is -1.42. The molecule has 9 atom stereocenters. The fourth-order valence-corrected chi connectivity index (χ4v) is 4.81. The van der Waals surface area contributed by atoms with Crippen LogP contribution in [0.15, 0.2) is 0 Å². The number of aliphatic hydroxyl groups excluding tert-OH is 4. The van der Waals surface area contributed by atoms with Crippen molar-refractivity contribution >= 4 is 30.1 Å². The number of likely N-dealkylation sites (tertiary alicyclic amines) is 1. The van der Waals surface area contributed by atoms with E-state index in [2.05, 4.69) is 12.2 Å². The SMILES string of the molecule is CCCC1CC(C(=O)N[C@@H](C(C)O)[C@@H]2OC(SC)C(O)C(O)C2O)N(C)C1.Cl. The van der Waals surface area contributed by atoms with Gasteiger partial charge in [-0.2, -0.15) is 0 Å². The summed E-state index contributed by atoms with van der Waals surface area (Å²) in [5, 5.41) is 43.5. The van der Waals surface area contributed by atoms with Crippen molar-refractivity contribution < 1.29 is 30.0 Å². The van der Waals surface area contributed by atoms with Crippen LogP contribution in [0.3, 0.4) is 0 Å². The van der Waals surface area contributed by atoms with Gasteiger partial charge in [-0.15, -0.1) is 24.2 Å². The van der Waals surface area contributed by atoms with E-state index in [0.717, 1.165) is 25.8 Å². The zero-order chi connectivity index (χ0) is 20.3. The Hall–Kier alpha value is -0.130. The van der Waals surface area contributed by atoms with Crippen LogP contribution in [0.25, 0.3) is 0 Å². The second-order valence-electron chi connectivity index (χ2n) is 7.80. The van der Waals surface area contributed by atoms with Gasteiger partial charge in [0.2, 0.25) is 5.91 Å². The molecule has 28 heavy (non-hydrogen) atoms. The fourth-order valence-electron chi connectivity index (χ4n) is 4.13. The number of amides is 1. The molecule has 2 heterocycles. The number of rotatable bonds is 7. The molecule has 2 aliphatic heterocycles. The number of nitrogens with zero attached hydrogens (tertiary/aromatic N) is 1. The first kappa shape index (κ1) is 25.9. The van der Waals surface area contributed by atoms with Crippen LogP contribution in [0.4, 0.5) is 0 Å². The van der Waals surface area contributed by atoms with Crippen molar-refractivity contribution in [1.29, 1.82) is 0 Å². The highest BCUT2D eigenvalue weighted by Crippen LogP contribution is 2.30. The lowest BCUT2D eigenvalue weighted by Crippen LogP contribution is -2.65. The van der Waals surface area contributed by atoms with Gasteiger partial charge in [-0.05, 0) is 39.0 Å². The van der Waals surface area contributed by atoms with E-state index in [0.29, 0.717) is 5.92 Å². The molecule has 166 valence electrons. The van der Waals surface area contributed by atoms with Gasteiger partial charge >= 0.3 is 0 Å². The summed E-state index contributed by atoms with van der Waals surface area (Å²) in [7, 11) is 1.91. The zero-order valence-corrected chi connectivity index (χ0v) is 18.5. The number of hydrogen-bond donors (Lipinski definition) is 5. The Labute approximate surface area is 177 Å². The van der Waals surface area contributed by atoms with E-state index in [1.54, 1.807) is 6.26 Å². The van der Waals surface area contributed by atoms with E-state index in [1.807, 2.05) is 11.9 Å². The number of carbonyl (C=O) groups excluding carboxylic acids is 1. The molecule has 0 radical (unpaired) electrons. The summed E-state index contributed by atoms with van der Waals surface area (Å²) in [5.41, 5.74) is -0.755. The third-order valence-electron chi connectivity index (χ3n) is 5.66. The van der Waals surface area contributed by atoms with Crippen LogP contribution in [-0.2, 0) is 9.53 Å². The number of likely N-dealkylation sites (N-methyl/N-ethyl adjacent to an activating group) is 1. The molecule has 1 amide bonds. The van der Waals surface area contributed by atoms with Crippen molar-refractivity contribution in [2.45, 2.75) is 81.1 Å². The Morgan fingerprint density at radius 1 is 1.29 bits per heavy atom. The van der Waals surface area contributed by atoms with Crippen molar-refractivity contribution in [3.63, 3.8) is 0 Å². The predicted molar refractivity (Wildman–Crippen MR) is 110 cm³/mol. The van der Waals surface area contributed by atoms with Crippen molar-refractivity contribution in [2.24, 2.45) is 5.92 Å². The third-order valence-corrected chi connectivity index (χ3v) is 6.51. The second-order valence-corrected chi connectivity index (χ2v) is 8.73. The molecule has 0 aromatic carbocycles. The highest BCUT2D eigenvalue weighted by Gasteiger charge is 2.48. The lowest BCUT2D eigenvalue weighted by Gasteiger charge is -2.44. The first-order valence-electron chi connectivity index (χ1n) is 9.62. The number of hydrogen-bond acceptors (Lipinski definition) is 8. The highest BCUT2D eigenvalue weighted by molar-refractivity contribution is 7.99. The maximum absolute atomic E-state index is 12.8. The molecule has 7 unspecified atom stereocenters. The van der Waals surface area contributed by atoms with Crippen LogP contribution in [0.5, 0.6) is 0 Å². The minimum Gasteiger partial charge on any atom is -0.391 e. The van der Waals surface area contributed by atoms with Gasteiger partial charge in [0, 0.05) is 6.54 Å². The zero-order valence-electron chi connectivity index (χ0n) is 16.9. The lowest BCUT2D eigenvalue weighted by atomic mass is 9.92. The molecule has 2 fully saturated rings. The standard InChI is InChI=1S/C18H34N2O6S.ClH/c1-5-6-10-7-11(20(3)8-10)17(25)19-12(9(2)21)16-14(23)13(22)15(24)18(26-16)27-4;/h9-16,18,21-24H,5-8H2,1-4H3,(H,19,25);1H/t9?,10?,11?,12-,13?,14?,15?,16-,18?;/m0./s1. The number of aliphatic hydroxyl groups is 4. The van der Waals surface area contributed by atoms with Crippen LogP contribution in [-0.4, -0.2) is 99.1 Å². The summed E-state index contributed by atoms with van der Waals surface area (Å²) >= 11 is 1.20. The van der Waals surface area contributed by atoms with Crippen LogP contribution in [0.2, 0.25) is 0 Å². The van der Waals surface area contributed by atoms with Gasteiger partial charge in [0.25, 0.3) is 0 Å². The molecular formula is C18H35ClN2O6S. The molecule has 2 saturated heterocycles. The van der Waals surface area contributed by atoms with E-state index in [9.17, 15) is 25.2 Å². The topological polar surface area (TPSA) is 122 Å². The largest absolute Gasteiger partial charge is 0.391 e. The molecule has 2 rings (SSSR count). The van der Waals surface area contributed by atoms with E-state index in [-0.39, 0.29) is 24.4 Å². The first-order chi connectivity index (χ1) is 12.7. The van der Waals surface area contributed by atoms with Crippen molar-refractivity contribution in [3.05, 3.63) is 0 Å². The van der Waals surface area contributed by atoms with E-state index in [4.69, 9.17) is 4.74 Å². The fraction of sp³-hybridized carbons (Fsp3) is 0.944. The van der Waals surface area contributed by atoms with Crippen LogP contribution < -0.4 is 5.32 Å². The normalized spacial score (nSPS) is 38.5. The molecule has 5 N–H and O–H groups in total. The quantitative estimate of drug-likeness (QED) is 0.360. The summed E-state index contributed by atoms with van der Waals surface area (Å²) in [6, 6.07) is -1.20. The number of carbonyl (C=O) groups is 1. The maximum atomic E-state index is 12.8. The average Bonchev–Trinajstić information content (AvgIpc) is 2.99.